The van der Waals surface area contributed by atoms with Gasteiger partial charge in [-0.1, -0.05) is 18.2 Å². The first-order valence-corrected chi connectivity index (χ1v) is 7.04. The second-order valence-electron chi connectivity index (χ2n) is 5.48. The Bertz CT molecular complexity index is 680. The summed E-state index contributed by atoms with van der Waals surface area (Å²) in [6.45, 7) is 9.75. The summed E-state index contributed by atoms with van der Waals surface area (Å²) in [6.07, 6.45) is 1.70. The topological polar surface area (TPSA) is 48.1 Å². The molecule has 1 aromatic heterocycles. The minimum absolute atomic E-state index is 0.579. The Hall–Kier alpha value is -2.00. The molecule has 110 valence electrons. The minimum atomic E-state index is -0.668. The van der Waals surface area contributed by atoms with E-state index in [9.17, 15) is 0 Å². The van der Waals surface area contributed by atoms with Crippen molar-refractivity contribution >= 4 is 22.9 Å². The summed E-state index contributed by atoms with van der Waals surface area (Å²) in [6, 6.07) is 9.10. The summed E-state index contributed by atoms with van der Waals surface area (Å²) in [7, 11) is 0. The standard InChI is InChI=1S/C17H19ClN2O/c1-11(2)13-10-12(19)7-8-15(13)21-17(3,4)16-14(18)6-5-9-20-16/h5-10H,1,19H2,2-4H3. The number of hydrogen-bond acceptors (Lipinski definition) is 3. The van der Waals surface area contributed by atoms with Crippen molar-refractivity contribution in [2.75, 3.05) is 5.73 Å². The molecule has 0 bridgehead atoms. The molecule has 0 saturated heterocycles. The molecule has 1 aromatic carbocycles. The number of aromatic nitrogens is 1. The lowest BCUT2D eigenvalue weighted by Crippen LogP contribution is -2.27. The van der Waals surface area contributed by atoms with Gasteiger partial charge in [0.15, 0.2) is 0 Å². The zero-order valence-electron chi connectivity index (χ0n) is 12.5. The van der Waals surface area contributed by atoms with Crippen LogP contribution in [0.2, 0.25) is 5.02 Å². The molecule has 21 heavy (non-hydrogen) atoms. The van der Waals surface area contributed by atoms with Crippen molar-refractivity contribution in [1.82, 2.24) is 4.98 Å². The van der Waals surface area contributed by atoms with Gasteiger partial charge in [0.1, 0.15) is 17.0 Å². The number of nitrogens with two attached hydrogens (primary N) is 1. The van der Waals surface area contributed by atoms with Crippen LogP contribution in [-0.2, 0) is 5.60 Å². The van der Waals surface area contributed by atoms with Gasteiger partial charge >= 0.3 is 0 Å². The maximum Gasteiger partial charge on any atom is 0.147 e. The van der Waals surface area contributed by atoms with E-state index in [0.29, 0.717) is 22.2 Å². The van der Waals surface area contributed by atoms with Crippen LogP contribution in [0.4, 0.5) is 5.69 Å². The molecule has 3 nitrogen and oxygen atoms in total. The Labute approximate surface area is 130 Å². The van der Waals surface area contributed by atoms with E-state index in [-0.39, 0.29) is 0 Å². The Kier molecular flexibility index (Phi) is 4.24. The number of allylic oxidation sites excluding steroid dienone is 1. The Morgan fingerprint density at radius 3 is 2.67 bits per heavy atom. The fourth-order valence-electron chi connectivity index (χ4n) is 2.12. The molecule has 0 amide bonds. The van der Waals surface area contributed by atoms with Gasteiger partial charge in [0.05, 0.1) is 5.02 Å². The smallest absolute Gasteiger partial charge is 0.147 e. The monoisotopic (exact) mass is 302 g/mol. The van der Waals surface area contributed by atoms with Crippen LogP contribution in [0.5, 0.6) is 5.75 Å². The zero-order valence-corrected chi connectivity index (χ0v) is 13.2. The molecule has 0 fully saturated rings. The third kappa shape index (κ3) is 3.37. The Morgan fingerprint density at radius 1 is 1.33 bits per heavy atom. The molecule has 0 aliphatic rings. The second kappa shape index (κ2) is 5.78. The van der Waals surface area contributed by atoms with Gasteiger partial charge in [-0.25, -0.2) is 0 Å². The normalized spacial score (nSPS) is 11.2. The molecular formula is C17H19ClN2O. The van der Waals surface area contributed by atoms with Crippen LogP contribution in [0.25, 0.3) is 5.57 Å². The van der Waals surface area contributed by atoms with E-state index in [1.165, 1.54) is 0 Å². The van der Waals surface area contributed by atoms with Crippen LogP contribution in [0.15, 0.2) is 43.1 Å². The molecule has 2 rings (SSSR count). The van der Waals surface area contributed by atoms with Crippen LogP contribution in [0.1, 0.15) is 32.0 Å². The van der Waals surface area contributed by atoms with Crippen LogP contribution in [0, 0.1) is 0 Å². The largest absolute Gasteiger partial charge is 0.481 e. The van der Waals surface area contributed by atoms with E-state index < -0.39 is 5.60 Å². The molecule has 2 aromatic rings. The number of rotatable bonds is 4. The van der Waals surface area contributed by atoms with Crippen LogP contribution in [-0.4, -0.2) is 4.98 Å². The van der Waals surface area contributed by atoms with Crippen LogP contribution < -0.4 is 10.5 Å². The quantitative estimate of drug-likeness (QED) is 0.835. The lowest BCUT2D eigenvalue weighted by Gasteiger charge is -2.28. The highest BCUT2D eigenvalue weighted by molar-refractivity contribution is 6.31. The fourth-order valence-corrected chi connectivity index (χ4v) is 2.47. The molecule has 2 N–H and O–H groups in total. The van der Waals surface area contributed by atoms with Gasteiger partial charge < -0.3 is 10.5 Å². The number of nitrogen functional groups attached to an aromatic ring is 1. The highest BCUT2D eigenvalue weighted by Gasteiger charge is 2.28. The van der Waals surface area contributed by atoms with E-state index >= 15 is 0 Å². The van der Waals surface area contributed by atoms with Crippen molar-refractivity contribution in [3.63, 3.8) is 0 Å². The molecule has 1 heterocycles. The van der Waals surface area contributed by atoms with E-state index in [1.54, 1.807) is 24.4 Å². The average molecular weight is 303 g/mol. The number of pyridine rings is 1. The first kappa shape index (κ1) is 15.4. The van der Waals surface area contributed by atoms with Gasteiger partial charge in [0, 0.05) is 17.4 Å². The van der Waals surface area contributed by atoms with Crippen molar-refractivity contribution in [3.05, 3.63) is 59.4 Å². The van der Waals surface area contributed by atoms with Gasteiger partial charge in [0.2, 0.25) is 0 Å². The number of halogens is 1. The molecular weight excluding hydrogens is 284 g/mol. The number of anilines is 1. The van der Waals surface area contributed by atoms with Crippen molar-refractivity contribution < 1.29 is 4.74 Å². The first-order valence-electron chi connectivity index (χ1n) is 6.66. The number of hydrogen-bond donors (Lipinski definition) is 1. The Balaban J connectivity index is 2.42. The number of nitrogens with zero attached hydrogens (tertiary/aromatic N) is 1. The van der Waals surface area contributed by atoms with Crippen molar-refractivity contribution in [2.24, 2.45) is 0 Å². The number of benzene rings is 1. The van der Waals surface area contributed by atoms with Gasteiger partial charge in [0.25, 0.3) is 0 Å². The van der Waals surface area contributed by atoms with E-state index in [1.807, 2.05) is 32.9 Å². The molecule has 0 aliphatic heterocycles. The molecule has 0 unspecified atom stereocenters. The highest BCUT2D eigenvalue weighted by atomic mass is 35.5. The zero-order chi connectivity index (χ0) is 15.6. The van der Waals surface area contributed by atoms with Gasteiger partial charge in [-0.05, 0) is 56.7 Å². The summed E-state index contributed by atoms with van der Waals surface area (Å²) < 4.78 is 6.15. The van der Waals surface area contributed by atoms with Crippen molar-refractivity contribution in [3.8, 4) is 5.75 Å². The molecule has 0 spiro atoms. The molecule has 0 atom stereocenters. The third-order valence-electron chi connectivity index (χ3n) is 3.16. The fraction of sp³-hybridized carbons (Fsp3) is 0.235. The lowest BCUT2D eigenvalue weighted by molar-refractivity contribution is 0.103. The van der Waals surface area contributed by atoms with E-state index in [4.69, 9.17) is 22.1 Å². The van der Waals surface area contributed by atoms with Gasteiger partial charge in [-0.2, -0.15) is 0 Å². The number of ether oxygens (including phenoxy) is 1. The van der Waals surface area contributed by atoms with Crippen LogP contribution >= 0.6 is 11.6 Å². The summed E-state index contributed by atoms with van der Waals surface area (Å²) in [4.78, 5) is 4.33. The molecule has 0 radical (unpaired) electrons. The molecule has 0 aliphatic carbocycles. The molecule has 4 heteroatoms. The maximum atomic E-state index is 6.22. The minimum Gasteiger partial charge on any atom is -0.481 e. The maximum absolute atomic E-state index is 6.22. The summed E-state index contributed by atoms with van der Waals surface area (Å²) in [5.41, 5.74) is 8.31. The summed E-state index contributed by atoms with van der Waals surface area (Å²) in [5.74, 6) is 0.711. The van der Waals surface area contributed by atoms with Crippen LogP contribution in [0.3, 0.4) is 0 Å². The van der Waals surface area contributed by atoms with Crippen molar-refractivity contribution in [2.45, 2.75) is 26.4 Å². The highest BCUT2D eigenvalue weighted by Crippen LogP contribution is 2.35. The Morgan fingerprint density at radius 2 is 2.05 bits per heavy atom. The average Bonchev–Trinajstić information content (AvgIpc) is 2.40. The van der Waals surface area contributed by atoms with Gasteiger partial charge in [-0.3, -0.25) is 4.98 Å². The van der Waals surface area contributed by atoms with Gasteiger partial charge in [-0.15, -0.1) is 0 Å². The third-order valence-corrected chi connectivity index (χ3v) is 3.46. The lowest BCUT2D eigenvalue weighted by atomic mass is 10.0. The summed E-state index contributed by atoms with van der Waals surface area (Å²) >= 11 is 6.22. The second-order valence-corrected chi connectivity index (χ2v) is 5.89. The van der Waals surface area contributed by atoms with E-state index in [2.05, 4.69) is 11.6 Å². The first-order chi connectivity index (χ1) is 9.81. The predicted molar refractivity (Wildman–Crippen MR) is 88.5 cm³/mol. The van der Waals surface area contributed by atoms with Crippen molar-refractivity contribution in [1.29, 1.82) is 0 Å². The SMILES string of the molecule is C=C(C)c1cc(N)ccc1OC(C)(C)c1ncccc1Cl. The predicted octanol–water partition coefficient (Wildman–Crippen LogP) is 4.66. The summed E-state index contributed by atoms with van der Waals surface area (Å²) in [5, 5.41) is 0.579. The molecule has 0 saturated carbocycles. The van der Waals surface area contributed by atoms with E-state index in [0.717, 1.165) is 11.1 Å².